The average Bonchev–Trinajstić information content (AvgIpc) is 3.50. The summed E-state index contributed by atoms with van der Waals surface area (Å²) in [7, 11) is 0. The second-order valence-corrected chi connectivity index (χ2v) is 9.84. The molecule has 254 valence electrons. The van der Waals surface area contributed by atoms with E-state index in [4.69, 9.17) is 26.2 Å². The van der Waals surface area contributed by atoms with Crippen molar-refractivity contribution in [3.63, 3.8) is 0 Å². The predicted molar refractivity (Wildman–Crippen MR) is 142 cm³/mol. The van der Waals surface area contributed by atoms with Crippen molar-refractivity contribution < 1.29 is 75.5 Å². The Hall–Kier alpha value is -4.94. The van der Waals surface area contributed by atoms with Crippen molar-refractivity contribution in [1.82, 2.24) is 9.80 Å². The summed E-state index contributed by atoms with van der Waals surface area (Å²) in [6.07, 6.45) is -3.73. The molecule has 13 nitrogen and oxygen atoms in total. The maximum Gasteiger partial charge on any atom is 0.397 e. The maximum atomic E-state index is 13.8. The summed E-state index contributed by atoms with van der Waals surface area (Å²) in [6, 6.07) is -0.140. The lowest BCUT2D eigenvalue weighted by Crippen LogP contribution is -2.43. The Balaban J connectivity index is 0.000000545. The summed E-state index contributed by atoms with van der Waals surface area (Å²) in [5.74, 6) is -10.0. The zero-order valence-corrected chi connectivity index (χ0v) is 23.6. The Labute approximate surface area is 256 Å². The third-order valence-electron chi connectivity index (χ3n) is 6.32. The average molecular weight is 670 g/mol. The van der Waals surface area contributed by atoms with E-state index in [0.29, 0.717) is 49.4 Å². The van der Waals surface area contributed by atoms with E-state index >= 15 is 0 Å². The molecule has 1 aromatic carbocycles. The monoisotopic (exact) mass is 669 g/mol. The van der Waals surface area contributed by atoms with Gasteiger partial charge in [0.1, 0.15) is 12.2 Å². The van der Waals surface area contributed by atoms with Crippen LogP contribution in [0.15, 0.2) is 36.4 Å². The molecule has 1 aromatic rings. The molecule has 0 aromatic heterocycles. The first-order chi connectivity index (χ1) is 21.2. The van der Waals surface area contributed by atoms with Gasteiger partial charge >= 0.3 is 30.1 Å². The minimum atomic E-state index is -4.59. The van der Waals surface area contributed by atoms with Crippen LogP contribution < -0.4 is 5.73 Å². The minimum Gasteiger partial charge on any atom is -0.478 e. The zero-order valence-electron chi connectivity index (χ0n) is 23.6. The van der Waals surface area contributed by atoms with Crippen molar-refractivity contribution in [3.8, 4) is 0 Å². The fourth-order valence-electron chi connectivity index (χ4n) is 4.46. The van der Waals surface area contributed by atoms with Gasteiger partial charge in [0.05, 0.1) is 6.04 Å². The molecule has 2 fully saturated rings. The number of rotatable bonds is 9. The molecule has 0 spiro atoms. The number of carboxylic acid groups (broad SMARTS) is 4. The van der Waals surface area contributed by atoms with E-state index in [0.717, 1.165) is 4.90 Å². The smallest absolute Gasteiger partial charge is 0.397 e. The van der Waals surface area contributed by atoms with Crippen LogP contribution in [0, 0.1) is 23.4 Å². The quantitative estimate of drug-likeness (QED) is 0.145. The first kappa shape index (κ1) is 39.1. The van der Waals surface area contributed by atoms with Gasteiger partial charge in [0.2, 0.25) is 11.8 Å². The number of alkyl halides is 3. The van der Waals surface area contributed by atoms with Gasteiger partial charge < -0.3 is 36.0 Å². The molecule has 2 aliphatic rings. The van der Waals surface area contributed by atoms with Crippen LogP contribution in [0.2, 0.25) is 0 Å². The highest BCUT2D eigenvalue weighted by molar-refractivity contribution is 5.90. The number of fused-ring (bicyclic) bond motifs is 1. The lowest BCUT2D eigenvalue weighted by molar-refractivity contribution is -0.161. The van der Waals surface area contributed by atoms with Crippen LogP contribution in [-0.4, -0.2) is 104 Å². The number of halogens is 6. The second-order valence-electron chi connectivity index (χ2n) is 9.84. The lowest BCUT2D eigenvalue weighted by Gasteiger charge is -2.26. The lowest BCUT2D eigenvalue weighted by atomic mass is 10.0. The van der Waals surface area contributed by atoms with Crippen molar-refractivity contribution in [3.05, 3.63) is 59.5 Å². The molecule has 2 heterocycles. The highest BCUT2D eigenvalue weighted by Gasteiger charge is 2.46. The predicted octanol–water partition coefficient (Wildman–Crippen LogP) is 1.80. The summed E-state index contributed by atoms with van der Waals surface area (Å²) in [5, 5.41) is 31.2. The van der Waals surface area contributed by atoms with Crippen molar-refractivity contribution in [1.29, 1.82) is 0 Å². The molecule has 46 heavy (non-hydrogen) atoms. The molecule has 2 aliphatic heterocycles. The van der Waals surface area contributed by atoms with E-state index in [1.807, 2.05) is 0 Å². The van der Waals surface area contributed by atoms with E-state index in [-0.39, 0.29) is 49.4 Å². The summed E-state index contributed by atoms with van der Waals surface area (Å²) >= 11 is 0. The molecule has 2 amide bonds. The molecule has 2 saturated heterocycles. The SMILES string of the molecule is N[C@@H](CC(=O)N1CC[C@H]2CN(C(=O)CC(F)(F)F)C[C@H]21)Cc1cc(F)c(F)cc1F.O=C(O)/C=C/C(=O)O.O=C(O)/C=C/C(=O)O. The third-order valence-corrected chi connectivity index (χ3v) is 6.32. The van der Waals surface area contributed by atoms with Crippen LogP contribution in [0.4, 0.5) is 26.3 Å². The Morgan fingerprint density at radius 2 is 1.28 bits per heavy atom. The molecule has 6 N–H and O–H groups in total. The van der Waals surface area contributed by atoms with Crippen LogP contribution in [0.5, 0.6) is 0 Å². The molecule has 0 saturated carbocycles. The number of nitrogens with two attached hydrogens (primary N) is 1. The molecule has 0 unspecified atom stereocenters. The number of carbonyl (C=O) groups excluding carboxylic acids is 2. The normalized spacial score (nSPS) is 17.9. The van der Waals surface area contributed by atoms with Crippen LogP contribution >= 0.6 is 0 Å². The molecule has 0 bridgehead atoms. The molecular weight excluding hydrogens is 640 g/mol. The van der Waals surface area contributed by atoms with E-state index in [1.54, 1.807) is 0 Å². The van der Waals surface area contributed by atoms with Crippen molar-refractivity contribution >= 4 is 35.7 Å². The number of likely N-dealkylation sites (tertiary alicyclic amines) is 2. The van der Waals surface area contributed by atoms with Gasteiger partial charge in [-0.2, -0.15) is 13.2 Å². The highest BCUT2D eigenvalue weighted by Crippen LogP contribution is 2.33. The number of hydrogen-bond acceptors (Lipinski definition) is 7. The number of hydrogen-bond donors (Lipinski definition) is 5. The number of carbonyl (C=O) groups is 6. The first-order valence-corrected chi connectivity index (χ1v) is 13.0. The van der Waals surface area contributed by atoms with Gasteiger partial charge in [-0.25, -0.2) is 32.3 Å². The summed E-state index contributed by atoms with van der Waals surface area (Å²) in [4.78, 5) is 65.3. The van der Waals surface area contributed by atoms with Gasteiger partial charge in [-0.1, -0.05) is 0 Å². The van der Waals surface area contributed by atoms with E-state index < -0.39 is 65.9 Å². The second kappa shape index (κ2) is 17.5. The van der Waals surface area contributed by atoms with Crippen LogP contribution in [0.1, 0.15) is 24.8 Å². The summed E-state index contributed by atoms with van der Waals surface area (Å²) in [6.45, 7) is 0.579. The molecule has 3 atom stereocenters. The molecule has 0 radical (unpaired) electrons. The molecule has 3 rings (SSSR count). The topological polar surface area (TPSA) is 216 Å². The van der Waals surface area contributed by atoms with Gasteiger partial charge in [0.15, 0.2) is 11.6 Å². The maximum absolute atomic E-state index is 13.8. The van der Waals surface area contributed by atoms with Crippen LogP contribution in [-0.2, 0) is 35.2 Å². The molecule has 0 aliphatic carbocycles. The number of amides is 2. The first-order valence-electron chi connectivity index (χ1n) is 13.0. The molecular formula is C27H29F6N3O10. The largest absolute Gasteiger partial charge is 0.478 e. The van der Waals surface area contributed by atoms with Crippen molar-refractivity contribution in [2.45, 2.75) is 43.9 Å². The van der Waals surface area contributed by atoms with Crippen molar-refractivity contribution in [2.24, 2.45) is 11.7 Å². The standard InChI is InChI=1S/C19H21F6N3O2.2C4H4O4/c20-13-6-15(22)14(21)4-11(13)3-12(26)5-17(29)28-2-1-10-8-27(9-16(10)28)18(30)7-19(23,24)25;2*5-3(6)1-2-4(7)8/h4,6,10,12,16H,1-3,5,7-9,26H2;2*1-2H,(H,5,6)(H,7,8)/b;2*2-1+/t10-,12+,16+;;/m0../s1. The Morgan fingerprint density at radius 1 is 0.804 bits per heavy atom. The third kappa shape index (κ3) is 14.2. The number of aliphatic carboxylic acids is 4. The Bertz CT molecular complexity index is 1300. The van der Waals surface area contributed by atoms with Crippen LogP contribution in [0.3, 0.4) is 0 Å². The number of benzene rings is 1. The number of carboxylic acids is 4. The number of nitrogens with zero attached hydrogens (tertiary/aromatic N) is 2. The Kier molecular flexibility index (Phi) is 14.9. The van der Waals surface area contributed by atoms with Gasteiger partial charge in [-0.05, 0) is 24.5 Å². The van der Waals surface area contributed by atoms with Gasteiger partial charge in [0.25, 0.3) is 0 Å². The Morgan fingerprint density at radius 3 is 1.74 bits per heavy atom. The van der Waals surface area contributed by atoms with E-state index in [9.17, 15) is 55.1 Å². The zero-order chi connectivity index (χ0) is 35.4. The minimum absolute atomic E-state index is 0.0262. The summed E-state index contributed by atoms with van der Waals surface area (Å²) in [5.41, 5.74) is 5.74. The fraction of sp³-hybridized carbons (Fsp3) is 0.407. The van der Waals surface area contributed by atoms with Gasteiger partial charge in [0, 0.05) is 68.4 Å². The van der Waals surface area contributed by atoms with Gasteiger partial charge in [-0.15, -0.1) is 0 Å². The van der Waals surface area contributed by atoms with Crippen molar-refractivity contribution in [2.75, 3.05) is 19.6 Å². The highest BCUT2D eigenvalue weighted by atomic mass is 19.4. The summed E-state index contributed by atoms with van der Waals surface area (Å²) < 4.78 is 77.5. The molecule has 19 heteroatoms. The van der Waals surface area contributed by atoms with E-state index in [2.05, 4.69) is 0 Å². The van der Waals surface area contributed by atoms with Crippen LogP contribution in [0.25, 0.3) is 0 Å². The van der Waals surface area contributed by atoms with E-state index in [1.165, 1.54) is 4.90 Å². The fourth-order valence-corrected chi connectivity index (χ4v) is 4.46. The van der Waals surface area contributed by atoms with Gasteiger partial charge in [-0.3, -0.25) is 9.59 Å².